The van der Waals surface area contributed by atoms with E-state index in [9.17, 15) is 43.5 Å². The Hall–Kier alpha value is -3.66. The number of rotatable bonds is 6. The van der Waals surface area contributed by atoms with Crippen LogP contribution in [0.1, 0.15) is 12.5 Å². The van der Waals surface area contributed by atoms with E-state index in [-0.39, 0.29) is 32.4 Å². The van der Waals surface area contributed by atoms with Gasteiger partial charge in [-0.05, 0) is 35.9 Å². The van der Waals surface area contributed by atoms with Crippen LogP contribution in [-0.4, -0.2) is 41.2 Å². The fraction of sp³-hybridized carbons (Fsp3) is 0.208. The van der Waals surface area contributed by atoms with Crippen molar-refractivity contribution in [2.45, 2.75) is 30.3 Å². The van der Waals surface area contributed by atoms with E-state index < -0.39 is 50.3 Å². The Labute approximate surface area is 225 Å². The Morgan fingerprint density at radius 3 is 2.12 bits per heavy atom. The second kappa shape index (κ2) is 10.1. The van der Waals surface area contributed by atoms with Crippen LogP contribution >= 0.6 is 12.2 Å². The maximum Gasteiger partial charge on any atom is 0.499 e. The molecule has 0 fully saturated rings. The first kappa shape index (κ1) is 29.3. The molecule has 0 bridgehead atoms. The van der Waals surface area contributed by atoms with E-state index in [1.54, 1.807) is 0 Å². The van der Waals surface area contributed by atoms with Gasteiger partial charge in [-0.3, -0.25) is 0 Å². The lowest BCUT2D eigenvalue weighted by Gasteiger charge is -2.20. The molecule has 2 aromatic heterocycles. The summed E-state index contributed by atoms with van der Waals surface area (Å²) < 4.78 is 134. The molecule has 212 valence electrons. The molecule has 0 atom stereocenters. The van der Waals surface area contributed by atoms with Crippen LogP contribution < -0.4 is 4.74 Å². The number of aromatic nitrogens is 3. The molecule has 0 aliphatic heterocycles. The first-order chi connectivity index (χ1) is 18.4. The summed E-state index contributed by atoms with van der Waals surface area (Å²) in [5.74, 6) is -1.52. The number of nitrogens with zero attached hydrogens (tertiary/aromatic N) is 3. The molecule has 40 heavy (non-hydrogen) atoms. The summed E-state index contributed by atoms with van der Waals surface area (Å²) in [6.07, 6.45) is -13.7. The molecule has 0 saturated carbocycles. The van der Waals surface area contributed by atoms with Crippen LogP contribution in [-0.2, 0) is 16.0 Å². The maximum atomic E-state index is 13.3. The largest absolute Gasteiger partial charge is 0.499 e. The third kappa shape index (κ3) is 5.63. The predicted molar refractivity (Wildman–Crippen MR) is 129 cm³/mol. The summed E-state index contributed by atoms with van der Waals surface area (Å²) in [6.45, 7) is 1.33. The van der Waals surface area contributed by atoms with Crippen molar-refractivity contribution >= 4 is 32.8 Å². The Kier molecular flexibility index (Phi) is 7.38. The number of pyridine rings is 1. The van der Waals surface area contributed by atoms with Gasteiger partial charge >= 0.3 is 18.5 Å². The van der Waals surface area contributed by atoms with E-state index in [1.165, 1.54) is 19.2 Å². The minimum Gasteiger partial charge on any atom is -0.426 e. The highest BCUT2D eigenvalue weighted by Gasteiger charge is 2.61. The van der Waals surface area contributed by atoms with Crippen LogP contribution in [0.15, 0.2) is 65.8 Å². The molecular formula is C24H15F8N3O3S2. The van der Waals surface area contributed by atoms with Gasteiger partial charge in [0.05, 0.1) is 17.5 Å². The molecule has 4 rings (SSSR count). The van der Waals surface area contributed by atoms with Crippen molar-refractivity contribution in [1.29, 1.82) is 0 Å². The summed E-state index contributed by atoms with van der Waals surface area (Å²) in [6, 6.07) is 7.86. The first-order valence-electron chi connectivity index (χ1n) is 11.0. The molecule has 0 aliphatic carbocycles. The minimum atomic E-state index is -5.94. The molecule has 4 aromatic rings. The highest BCUT2D eigenvalue weighted by Crippen LogP contribution is 2.38. The molecular weight excluding hydrogens is 594 g/mol. The van der Waals surface area contributed by atoms with Crippen LogP contribution in [0.3, 0.4) is 0 Å². The molecule has 0 spiro atoms. The van der Waals surface area contributed by atoms with E-state index >= 15 is 0 Å². The Morgan fingerprint density at radius 1 is 0.900 bits per heavy atom. The minimum absolute atomic E-state index is 0.0307. The second-order valence-electron chi connectivity index (χ2n) is 8.25. The van der Waals surface area contributed by atoms with Crippen molar-refractivity contribution in [1.82, 2.24) is 14.8 Å². The van der Waals surface area contributed by atoms with Gasteiger partial charge in [0.2, 0.25) is 0 Å². The normalized spacial score (nSPS) is 13.0. The number of ether oxygens (including phenoxy) is 1. The number of hydrogen-bond donors (Lipinski definition) is 0. The van der Waals surface area contributed by atoms with Gasteiger partial charge in [0.25, 0.3) is 0 Å². The number of halogens is 8. The average Bonchev–Trinajstić information content (AvgIpc) is 2.87. The van der Waals surface area contributed by atoms with Gasteiger partial charge in [-0.2, -0.15) is 40.2 Å². The Morgan fingerprint density at radius 2 is 1.55 bits per heavy atom. The number of fused-ring (bicyclic) bond motifs is 1. The maximum absolute atomic E-state index is 13.3. The van der Waals surface area contributed by atoms with Gasteiger partial charge in [0.1, 0.15) is 15.3 Å². The summed E-state index contributed by atoms with van der Waals surface area (Å²) in [7, 11) is -4.06. The molecule has 0 unspecified atom stereocenters. The Bertz CT molecular complexity index is 1750. The number of benzene rings is 2. The zero-order valence-electron chi connectivity index (χ0n) is 19.9. The molecule has 6 nitrogen and oxygen atoms in total. The lowest BCUT2D eigenvalue weighted by molar-refractivity contribution is -0.360. The number of sulfone groups is 1. The third-order valence-electron chi connectivity index (χ3n) is 5.63. The van der Waals surface area contributed by atoms with Crippen LogP contribution in [0.2, 0.25) is 0 Å². The topological polar surface area (TPSA) is 74.1 Å². The van der Waals surface area contributed by atoms with Crippen molar-refractivity contribution in [3.8, 4) is 22.7 Å². The van der Waals surface area contributed by atoms with Gasteiger partial charge < -0.3 is 4.74 Å². The lowest BCUT2D eigenvalue weighted by atomic mass is 10.1. The quantitative estimate of drug-likeness (QED) is 0.171. The molecule has 16 heteroatoms. The molecule has 2 aromatic carbocycles. The second-order valence-corrected chi connectivity index (χ2v) is 10.9. The smallest absolute Gasteiger partial charge is 0.426 e. The van der Waals surface area contributed by atoms with Crippen molar-refractivity contribution < 1.29 is 48.3 Å². The molecule has 0 amide bonds. The van der Waals surface area contributed by atoms with E-state index in [0.717, 1.165) is 53.3 Å². The van der Waals surface area contributed by atoms with Gasteiger partial charge in [-0.15, -0.1) is 0 Å². The van der Waals surface area contributed by atoms with Crippen LogP contribution in [0.25, 0.3) is 27.7 Å². The molecule has 0 aliphatic rings. The number of hydrogen-bond acceptors (Lipinski definition) is 6. The van der Waals surface area contributed by atoms with E-state index in [1.807, 2.05) is 0 Å². The van der Waals surface area contributed by atoms with Crippen molar-refractivity contribution in [3.63, 3.8) is 0 Å². The molecule has 0 radical (unpaired) electrons. The third-order valence-corrected chi connectivity index (χ3v) is 7.75. The highest BCUT2D eigenvalue weighted by atomic mass is 32.2. The first-order valence-corrected chi connectivity index (χ1v) is 13.1. The lowest BCUT2D eigenvalue weighted by Crippen LogP contribution is -2.41. The van der Waals surface area contributed by atoms with Crippen molar-refractivity contribution in [2.24, 2.45) is 0 Å². The average molecular weight is 610 g/mol. The standard InChI is InChI=1S/C24H15F8N3O3S2/c1-2-40(36,37)19-9-15(13-4-7-17(8-5-13)38-24(31,32)23(28,29)30)11-33-20(19)35-21(39)18-10-16(22(25,26)27)6-3-14(18)12-34-35/h3-12H,2H2,1H3. The van der Waals surface area contributed by atoms with E-state index in [0.29, 0.717) is 0 Å². The fourth-order valence-electron chi connectivity index (χ4n) is 3.53. The zero-order valence-corrected chi connectivity index (χ0v) is 21.5. The van der Waals surface area contributed by atoms with Gasteiger partial charge in [-0.25, -0.2) is 18.1 Å². The zero-order chi connectivity index (χ0) is 29.7. The number of alkyl halides is 8. The SMILES string of the molecule is CCS(=O)(=O)c1cc(-c2ccc(OC(F)(F)C(F)(F)F)cc2)cnc1-n1ncc2ccc(C(F)(F)F)cc2c1=S. The van der Waals surface area contributed by atoms with Gasteiger partial charge in [0, 0.05) is 22.5 Å². The summed E-state index contributed by atoms with van der Waals surface area (Å²) in [5.41, 5.74) is -0.676. The summed E-state index contributed by atoms with van der Waals surface area (Å²) in [5, 5.41) is 4.31. The fourth-order valence-corrected chi connectivity index (χ4v) is 4.87. The molecule has 0 N–H and O–H groups in total. The van der Waals surface area contributed by atoms with Crippen molar-refractivity contribution in [3.05, 3.63) is 71.1 Å². The van der Waals surface area contributed by atoms with Gasteiger partial charge in [-0.1, -0.05) is 37.3 Å². The van der Waals surface area contributed by atoms with Crippen molar-refractivity contribution in [2.75, 3.05) is 5.75 Å². The Balaban J connectivity index is 1.81. The highest BCUT2D eigenvalue weighted by molar-refractivity contribution is 7.91. The predicted octanol–water partition coefficient (Wildman–Crippen LogP) is 7.16. The van der Waals surface area contributed by atoms with Crippen LogP contribution in [0, 0.1) is 4.64 Å². The van der Waals surface area contributed by atoms with Gasteiger partial charge in [0.15, 0.2) is 15.7 Å². The van der Waals surface area contributed by atoms with E-state index in [4.69, 9.17) is 12.2 Å². The van der Waals surface area contributed by atoms with Crippen LogP contribution in [0.5, 0.6) is 5.75 Å². The summed E-state index contributed by atoms with van der Waals surface area (Å²) >= 11 is 5.33. The molecule has 0 saturated heterocycles. The molecule has 2 heterocycles. The van der Waals surface area contributed by atoms with Crippen LogP contribution in [0.4, 0.5) is 35.1 Å². The summed E-state index contributed by atoms with van der Waals surface area (Å²) in [4.78, 5) is 3.73. The van der Waals surface area contributed by atoms with E-state index in [2.05, 4.69) is 14.8 Å². The monoisotopic (exact) mass is 609 g/mol.